The van der Waals surface area contributed by atoms with E-state index in [1.807, 2.05) is 0 Å². The maximum atomic E-state index is 10.2. The second kappa shape index (κ2) is 3.17. The summed E-state index contributed by atoms with van der Waals surface area (Å²) in [4.78, 5) is 0. The molecule has 0 heterocycles. The van der Waals surface area contributed by atoms with Crippen LogP contribution >= 0.6 is 0 Å². The Morgan fingerprint density at radius 1 is 0.786 bits per heavy atom. The van der Waals surface area contributed by atoms with Gasteiger partial charge in [0.1, 0.15) is 0 Å². The third kappa shape index (κ3) is 1.46. The van der Waals surface area contributed by atoms with Crippen molar-refractivity contribution in [2.45, 2.75) is 61.9 Å². The molecule has 14 heavy (non-hydrogen) atoms. The first kappa shape index (κ1) is 10.4. The lowest BCUT2D eigenvalue weighted by Crippen LogP contribution is -2.64. The van der Waals surface area contributed by atoms with Crippen molar-refractivity contribution in [1.82, 2.24) is 0 Å². The van der Waals surface area contributed by atoms with Gasteiger partial charge in [-0.3, -0.25) is 0 Å². The Morgan fingerprint density at radius 3 is 1.71 bits per heavy atom. The fraction of sp³-hybridized carbons (Fsp3) is 1.00. The van der Waals surface area contributed by atoms with Gasteiger partial charge < -0.3 is 20.4 Å². The molecule has 2 rings (SSSR count). The molecule has 2 aliphatic carbocycles. The summed E-state index contributed by atoms with van der Waals surface area (Å²) >= 11 is 0. The van der Waals surface area contributed by atoms with Crippen LogP contribution in [0.1, 0.15) is 38.5 Å². The third-order valence-corrected chi connectivity index (χ3v) is 3.80. The maximum absolute atomic E-state index is 10.2. The molecule has 0 aromatic rings. The zero-order valence-electron chi connectivity index (χ0n) is 8.19. The standard InChI is InChI=1S/C10H18O4/c11-7-1-3-9(13,4-2-7)10(14)5-8(12)6-10/h7-8,11-14H,1-6H2. The zero-order chi connectivity index (χ0) is 10.4. The smallest absolute Gasteiger partial charge is 0.0982 e. The molecule has 0 bridgehead atoms. The molecule has 82 valence electrons. The van der Waals surface area contributed by atoms with Crippen LogP contribution in [0, 0.1) is 0 Å². The van der Waals surface area contributed by atoms with Gasteiger partial charge in [-0.05, 0) is 25.7 Å². The predicted octanol–water partition coefficient (Wildman–Crippen LogP) is -0.462. The van der Waals surface area contributed by atoms with Crippen molar-refractivity contribution in [1.29, 1.82) is 0 Å². The van der Waals surface area contributed by atoms with Crippen LogP contribution in [-0.4, -0.2) is 43.8 Å². The van der Waals surface area contributed by atoms with E-state index in [1.165, 1.54) is 0 Å². The average Bonchev–Trinajstić information content (AvgIpc) is 2.08. The van der Waals surface area contributed by atoms with Crippen molar-refractivity contribution < 1.29 is 20.4 Å². The van der Waals surface area contributed by atoms with Crippen molar-refractivity contribution in [3.8, 4) is 0 Å². The summed E-state index contributed by atoms with van der Waals surface area (Å²) in [6.07, 6.45) is 1.64. The molecule has 0 aromatic carbocycles. The molecule has 0 amide bonds. The minimum Gasteiger partial charge on any atom is -0.393 e. The summed E-state index contributed by atoms with van der Waals surface area (Å²) < 4.78 is 0. The Bertz CT molecular complexity index is 214. The topological polar surface area (TPSA) is 80.9 Å². The largest absolute Gasteiger partial charge is 0.393 e. The van der Waals surface area contributed by atoms with Gasteiger partial charge in [-0.2, -0.15) is 0 Å². The molecule has 4 heteroatoms. The predicted molar refractivity (Wildman–Crippen MR) is 49.6 cm³/mol. The maximum Gasteiger partial charge on any atom is 0.0982 e. The van der Waals surface area contributed by atoms with Gasteiger partial charge in [-0.1, -0.05) is 0 Å². The first-order valence-corrected chi connectivity index (χ1v) is 5.26. The second-order valence-corrected chi connectivity index (χ2v) is 4.86. The van der Waals surface area contributed by atoms with Gasteiger partial charge in [-0.15, -0.1) is 0 Å². The Balaban J connectivity index is 2.02. The number of hydrogen-bond acceptors (Lipinski definition) is 4. The molecule has 2 saturated carbocycles. The van der Waals surface area contributed by atoms with Crippen LogP contribution in [-0.2, 0) is 0 Å². The lowest BCUT2D eigenvalue weighted by Gasteiger charge is -2.53. The van der Waals surface area contributed by atoms with Crippen LogP contribution < -0.4 is 0 Å². The molecule has 0 spiro atoms. The highest BCUT2D eigenvalue weighted by Crippen LogP contribution is 2.47. The first-order valence-electron chi connectivity index (χ1n) is 5.26. The number of hydrogen-bond donors (Lipinski definition) is 4. The minimum absolute atomic E-state index is 0.263. The summed E-state index contributed by atoms with van der Waals surface area (Å²) in [7, 11) is 0. The van der Waals surface area contributed by atoms with E-state index < -0.39 is 17.3 Å². The summed E-state index contributed by atoms with van der Waals surface area (Å²) in [5.41, 5.74) is -2.21. The molecule has 2 aliphatic rings. The van der Waals surface area contributed by atoms with Gasteiger partial charge in [0.05, 0.1) is 23.4 Å². The van der Waals surface area contributed by atoms with E-state index in [4.69, 9.17) is 5.11 Å². The Kier molecular flexibility index (Phi) is 2.34. The van der Waals surface area contributed by atoms with E-state index in [2.05, 4.69) is 0 Å². The number of aliphatic hydroxyl groups excluding tert-OH is 2. The van der Waals surface area contributed by atoms with Crippen molar-refractivity contribution in [2.24, 2.45) is 0 Å². The van der Waals surface area contributed by atoms with Crippen molar-refractivity contribution >= 4 is 0 Å². The van der Waals surface area contributed by atoms with Crippen LogP contribution in [0.3, 0.4) is 0 Å². The van der Waals surface area contributed by atoms with E-state index >= 15 is 0 Å². The Hall–Kier alpha value is -0.160. The van der Waals surface area contributed by atoms with Crippen LogP contribution in [0.2, 0.25) is 0 Å². The molecule has 0 aliphatic heterocycles. The van der Waals surface area contributed by atoms with Crippen LogP contribution in [0.5, 0.6) is 0 Å². The molecule has 0 aromatic heterocycles. The van der Waals surface area contributed by atoms with E-state index in [0.29, 0.717) is 25.7 Å². The first-order chi connectivity index (χ1) is 6.45. The molecule has 0 atom stereocenters. The average molecular weight is 202 g/mol. The SMILES string of the molecule is OC1CCC(O)(C2(O)CC(O)C2)CC1. The summed E-state index contributed by atoms with van der Waals surface area (Å²) in [5, 5.41) is 38.7. The van der Waals surface area contributed by atoms with Crippen molar-refractivity contribution in [2.75, 3.05) is 0 Å². The van der Waals surface area contributed by atoms with E-state index in [0.717, 1.165) is 0 Å². The summed E-state index contributed by atoms with van der Waals surface area (Å²) in [6.45, 7) is 0. The van der Waals surface area contributed by atoms with Gasteiger partial charge in [0, 0.05) is 12.8 Å². The fourth-order valence-corrected chi connectivity index (χ4v) is 2.65. The van der Waals surface area contributed by atoms with Crippen molar-refractivity contribution in [3.05, 3.63) is 0 Å². The third-order valence-electron chi connectivity index (χ3n) is 3.80. The normalized spacial score (nSPS) is 54.0. The molecule has 0 radical (unpaired) electrons. The van der Waals surface area contributed by atoms with Gasteiger partial charge in [-0.25, -0.2) is 0 Å². The molecular formula is C10H18O4. The lowest BCUT2D eigenvalue weighted by molar-refractivity contribution is -0.240. The molecule has 0 unspecified atom stereocenters. The summed E-state index contributed by atoms with van der Waals surface area (Å²) in [6, 6.07) is 0. The van der Waals surface area contributed by atoms with Gasteiger partial charge in [0.25, 0.3) is 0 Å². The highest BCUT2D eigenvalue weighted by molar-refractivity contribution is 5.09. The fourth-order valence-electron chi connectivity index (χ4n) is 2.65. The second-order valence-electron chi connectivity index (χ2n) is 4.86. The molecule has 4 N–H and O–H groups in total. The van der Waals surface area contributed by atoms with E-state index in [1.54, 1.807) is 0 Å². The lowest BCUT2D eigenvalue weighted by atomic mass is 9.61. The number of rotatable bonds is 1. The summed E-state index contributed by atoms with van der Waals surface area (Å²) in [5.74, 6) is 0. The van der Waals surface area contributed by atoms with Crippen molar-refractivity contribution in [3.63, 3.8) is 0 Å². The number of aliphatic hydroxyl groups is 4. The Morgan fingerprint density at radius 2 is 1.29 bits per heavy atom. The van der Waals surface area contributed by atoms with Crippen LogP contribution in [0.15, 0.2) is 0 Å². The van der Waals surface area contributed by atoms with Crippen LogP contribution in [0.25, 0.3) is 0 Å². The van der Waals surface area contributed by atoms with Crippen LogP contribution in [0.4, 0.5) is 0 Å². The van der Waals surface area contributed by atoms with Gasteiger partial charge in [0.2, 0.25) is 0 Å². The molecule has 0 saturated heterocycles. The van der Waals surface area contributed by atoms with E-state index in [9.17, 15) is 15.3 Å². The monoisotopic (exact) mass is 202 g/mol. The minimum atomic E-state index is -1.12. The van der Waals surface area contributed by atoms with Gasteiger partial charge >= 0.3 is 0 Å². The van der Waals surface area contributed by atoms with E-state index in [-0.39, 0.29) is 18.9 Å². The highest BCUT2D eigenvalue weighted by Gasteiger charge is 2.57. The molecule has 2 fully saturated rings. The van der Waals surface area contributed by atoms with Gasteiger partial charge in [0.15, 0.2) is 0 Å². The molecular weight excluding hydrogens is 184 g/mol. The quantitative estimate of drug-likeness (QED) is 0.464. The molecule has 4 nitrogen and oxygen atoms in total. The zero-order valence-corrected chi connectivity index (χ0v) is 8.19. The highest BCUT2D eigenvalue weighted by atomic mass is 16.4. The Labute approximate surface area is 83.2 Å².